The molecule has 0 saturated heterocycles. The summed E-state index contributed by atoms with van der Waals surface area (Å²) in [5.41, 5.74) is 4.33. The lowest BCUT2D eigenvalue weighted by molar-refractivity contribution is 0.341. The first-order valence-corrected chi connectivity index (χ1v) is 12.7. The van der Waals surface area contributed by atoms with Gasteiger partial charge in [0.05, 0.1) is 45.4 Å². The van der Waals surface area contributed by atoms with Crippen LogP contribution < -0.4 is 9.46 Å². The number of hydrogen-bond donors (Lipinski definition) is 1. The SMILES string of the molecule is CS(=O)NCc1ccc(-c2ccc(C(C)(C)c3cc(Cl)c(OCCCl)c(C#N)c3)cc2)nn1. The number of alkyl halides is 1. The maximum atomic E-state index is 11.2. The van der Waals surface area contributed by atoms with E-state index in [2.05, 4.69) is 34.8 Å². The van der Waals surface area contributed by atoms with Crippen LogP contribution in [0.5, 0.6) is 5.75 Å². The number of nitrogens with one attached hydrogen (secondary N) is 1. The number of hydrogen-bond acceptors (Lipinski definition) is 5. The van der Waals surface area contributed by atoms with Gasteiger partial charge in [-0.2, -0.15) is 15.5 Å². The van der Waals surface area contributed by atoms with Gasteiger partial charge in [-0.25, -0.2) is 8.93 Å². The average molecular weight is 503 g/mol. The molecule has 0 aliphatic heterocycles. The zero-order valence-electron chi connectivity index (χ0n) is 18.6. The summed E-state index contributed by atoms with van der Waals surface area (Å²) in [5.74, 6) is 0.668. The van der Waals surface area contributed by atoms with Crippen LogP contribution >= 0.6 is 23.2 Å². The van der Waals surface area contributed by atoms with Crippen molar-refractivity contribution < 1.29 is 8.95 Å². The van der Waals surface area contributed by atoms with Gasteiger partial charge in [0.2, 0.25) is 0 Å². The van der Waals surface area contributed by atoms with Crippen molar-refractivity contribution in [3.8, 4) is 23.1 Å². The molecule has 0 fully saturated rings. The normalized spacial score (nSPS) is 12.2. The van der Waals surface area contributed by atoms with E-state index in [0.717, 1.165) is 28.1 Å². The fourth-order valence-electron chi connectivity index (χ4n) is 3.33. The first-order valence-electron chi connectivity index (χ1n) is 10.2. The van der Waals surface area contributed by atoms with Crippen molar-refractivity contribution >= 4 is 34.2 Å². The first kappa shape index (κ1) is 25.1. The Bertz CT molecular complexity index is 1180. The van der Waals surface area contributed by atoms with Crippen LogP contribution in [0.4, 0.5) is 0 Å². The monoisotopic (exact) mass is 502 g/mol. The molecule has 0 amide bonds. The van der Waals surface area contributed by atoms with E-state index in [4.69, 9.17) is 27.9 Å². The van der Waals surface area contributed by atoms with E-state index in [9.17, 15) is 9.47 Å². The maximum Gasteiger partial charge on any atom is 0.155 e. The third kappa shape index (κ3) is 6.10. The highest BCUT2D eigenvalue weighted by Crippen LogP contribution is 2.38. The molecule has 0 radical (unpaired) electrons. The molecule has 33 heavy (non-hydrogen) atoms. The van der Waals surface area contributed by atoms with E-state index in [1.807, 2.05) is 48.5 Å². The van der Waals surface area contributed by atoms with Crippen molar-refractivity contribution in [1.29, 1.82) is 5.26 Å². The molecule has 0 saturated carbocycles. The Morgan fingerprint density at radius 3 is 2.42 bits per heavy atom. The molecule has 1 aromatic heterocycles. The predicted molar refractivity (Wildman–Crippen MR) is 133 cm³/mol. The van der Waals surface area contributed by atoms with E-state index in [-0.39, 0.29) is 6.61 Å². The summed E-state index contributed by atoms with van der Waals surface area (Å²) in [6, 6.07) is 17.6. The Balaban J connectivity index is 1.84. The van der Waals surface area contributed by atoms with Crippen LogP contribution in [0.2, 0.25) is 5.02 Å². The van der Waals surface area contributed by atoms with Crippen LogP contribution in [0.3, 0.4) is 0 Å². The summed E-state index contributed by atoms with van der Waals surface area (Å²) in [7, 11) is -1.10. The Morgan fingerprint density at radius 2 is 1.85 bits per heavy atom. The van der Waals surface area contributed by atoms with Gasteiger partial charge in [0.1, 0.15) is 12.7 Å². The molecular weight excluding hydrogens is 479 g/mol. The highest BCUT2D eigenvalue weighted by Gasteiger charge is 2.26. The van der Waals surface area contributed by atoms with Crippen molar-refractivity contribution in [2.75, 3.05) is 18.7 Å². The largest absolute Gasteiger partial charge is 0.489 e. The molecule has 9 heteroatoms. The molecule has 1 unspecified atom stereocenters. The van der Waals surface area contributed by atoms with Gasteiger partial charge in [0.15, 0.2) is 5.75 Å². The minimum atomic E-state index is -1.10. The van der Waals surface area contributed by atoms with E-state index in [0.29, 0.717) is 28.8 Å². The van der Waals surface area contributed by atoms with Crippen LogP contribution in [0, 0.1) is 11.3 Å². The molecule has 0 bridgehead atoms. The van der Waals surface area contributed by atoms with Crippen LogP contribution in [0.15, 0.2) is 48.5 Å². The molecular formula is C24H24Cl2N4O2S. The van der Waals surface area contributed by atoms with Crippen LogP contribution in [0.25, 0.3) is 11.3 Å². The quantitative estimate of drug-likeness (QED) is 0.416. The van der Waals surface area contributed by atoms with Crippen LogP contribution in [-0.4, -0.2) is 33.1 Å². The molecule has 172 valence electrons. The van der Waals surface area contributed by atoms with Gasteiger partial charge in [0.25, 0.3) is 0 Å². The van der Waals surface area contributed by atoms with Gasteiger partial charge in [-0.05, 0) is 35.4 Å². The van der Waals surface area contributed by atoms with Gasteiger partial charge < -0.3 is 4.74 Å². The van der Waals surface area contributed by atoms with Crippen molar-refractivity contribution in [2.24, 2.45) is 0 Å². The highest BCUT2D eigenvalue weighted by molar-refractivity contribution is 7.82. The number of nitrogens with zero attached hydrogens (tertiary/aromatic N) is 3. The standard InChI is InChI=1S/C24H24Cl2N4O2S/c1-24(2,19-12-17(14-27)23(21(26)13-19)32-11-10-25)18-6-4-16(5-7-18)22-9-8-20(29-30-22)15-28-33(3)31/h4-9,12-13,28H,10-11,15H2,1-3H3. The number of ether oxygens (including phenoxy) is 1. The van der Waals surface area contributed by atoms with Crippen molar-refractivity contribution in [2.45, 2.75) is 25.8 Å². The fraction of sp³-hybridized carbons (Fsp3) is 0.292. The maximum absolute atomic E-state index is 11.2. The van der Waals surface area contributed by atoms with E-state index < -0.39 is 16.4 Å². The Hall–Kier alpha value is -2.50. The lowest BCUT2D eigenvalue weighted by Crippen LogP contribution is -2.19. The molecule has 0 aliphatic carbocycles. The minimum absolute atomic E-state index is 0.276. The highest BCUT2D eigenvalue weighted by atomic mass is 35.5. The van der Waals surface area contributed by atoms with E-state index in [1.165, 1.54) is 0 Å². The molecule has 1 atom stereocenters. The minimum Gasteiger partial charge on any atom is -0.489 e. The third-order valence-electron chi connectivity index (χ3n) is 5.29. The summed E-state index contributed by atoms with van der Waals surface area (Å²) in [6.07, 6.45) is 1.57. The summed E-state index contributed by atoms with van der Waals surface area (Å²) in [4.78, 5) is 0. The van der Waals surface area contributed by atoms with Gasteiger partial charge in [-0.15, -0.1) is 11.6 Å². The number of aromatic nitrogens is 2. The second kappa shape index (κ2) is 11.1. The third-order valence-corrected chi connectivity index (χ3v) is 6.27. The summed E-state index contributed by atoms with van der Waals surface area (Å²) in [6.45, 7) is 4.83. The molecule has 3 aromatic rings. The molecule has 2 aromatic carbocycles. The van der Waals surface area contributed by atoms with E-state index >= 15 is 0 Å². The molecule has 0 aliphatic rings. The van der Waals surface area contributed by atoms with Gasteiger partial charge in [-0.3, -0.25) is 0 Å². The van der Waals surface area contributed by atoms with E-state index in [1.54, 1.807) is 6.26 Å². The Labute approximate surface area is 206 Å². The fourth-order valence-corrected chi connectivity index (χ4v) is 4.03. The topological polar surface area (TPSA) is 87.9 Å². The van der Waals surface area contributed by atoms with Crippen molar-refractivity contribution in [1.82, 2.24) is 14.9 Å². The van der Waals surface area contributed by atoms with Crippen molar-refractivity contribution in [3.63, 3.8) is 0 Å². The van der Waals surface area contributed by atoms with Gasteiger partial charge in [0, 0.05) is 17.2 Å². The Kier molecular flexibility index (Phi) is 8.44. The van der Waals surface area contributed by atoms with Crippen LogP contribution in [0.1, 0.15) is 36.2 Å². The lowest BCUT2D eigenvalue weighted by Gasteiger charge is -2.27. The zero-order chi connectivity index (χ0) is 24.0. The Morgan fingerprint density at radius 1 is 1.12 bits per heavy atom. The van der Waals surface area contributed by atoms with Gasteiger partial charge in [-0.1, -0.05) is 49.7 Å². The number of rotatable bonds is 9. The number of nitriles is 1. The summed E-state index contributed by atoms with van der Waals surface area (Å²) in [5, 5.41) is 18.4. The average Bonchev–Trinajstić information content (AvgIpc) is 2.82. The first-order chi connectivity index (χ1) is 15.8. The second-order valence-corrected chi connectivity index (χ2v) is 9.85. The number of halogens is 2. The predicted octanol–water partition coefficient (Wildman–Crippen LogP) is 5.00. The summed E-state index contributed by atoms with van der Waals surface area (Å²) >= 11 is 12.1. The molecule has 3 rings (SSSR count). The lowest BCUT2D eigenvalue weighted by atomic mass is 9.77. The molecule has 6 nitrogen and oxygen atoms in total. The molecule has 1 N–H and O–H groups in total. The molecule has 0 spiro atoms. The van der Waals surface area contributed by atoms with Gasteiger partial charge >= 0.3 is 0 Å². The smallest absolute Gasteiger partial charge is 0.155 e. The zero-order valence-corrected chi connectivity index (χ0v) is 20.9. The summed E-state index contributed by atoms with van der Waals surface area (Å²) < 4.78 is 19.5. The second-order valence-electron chi connectivity index (χ2n) is 7.87. The number of benzene rings is 2. The van der Waals surface area contributed by atoms with Crippen molar-refractivity contribution in [3.05, 3.63) is 75.9 Å². The molecule has 1 heterocycles. The van der Waals surface area contributed by atoms with Crippen LogP contribution in [-0.2, 0) is 22.9 Å².